The van der Waals surface area contributed by atoms with E-state index in [-0.39, 0.29) is 42.8 Å². The molecule has 0 radical (unpaired) electrons. The second-order valence-electron chi connectivity index (χ2n) is 8.44. The van der Waals surface area contributed by atoms with E-state index in [1.54, 1.807) is 31.2 Å². The molecule has 0 saturated heterocycles. The number of carbonyl (C=O) groups excluding carboxylic acids is 4. The van der Waals surface area contributed by atoms with Crippen molar-refractivity contribution < 1.29 is 38.2 Å². The molecule has 3 amide bonds. The molecule has 210 valence electrons. The molecule has 0 fully saturated rings. The number of anilines is 1. The van der Waals surface area contributed by atoms with Crippen LogP contribution < -0.4 is 16.0 Å². The average molecular weight is 534 g/mol. The zero-order chi connectivity index (χ0) is 28.0. The smallest absolute Gasteiger partial charge is 0.296 e. The van der Waals surface area contributed by atoms with Gasteiger partial charge in [0.05, 0.1) is 38.4 Å². The highest BCUT2D eigenvalue weighted by molar-refractivity contribution is 5.98. The number of hydrogen-bond acceptors (Lipinski definition) is 7. The second-order valence-corrected chi connectivity index (χ2v) is 8.44. The summed E-state index contributed by atoms with van der Waals surface area (Å²) in [5.41, 5.74) is 10.5. The van der Waals surface area contributed by atoms with Crippen molar-refractivity contribution in [2.75, 3.05) is 58.0 Å². The molecule has 0 aliphatic heterocycles. The van der Waals surface area contributed by atoms with Gasteiger partial charge in [0.1, 0.15) is 5.78 Å². The first-order valence-electron chi connectivity index (χ1n) is 12.7. The summed E-state index contributed by atoms with van der Waals surface area (Å²) < 4.78 is 16.3. The molecule has 0 bridgehead atoms. The third-order valence-electron chi connectivity index (χ3n) is 5.02. The largest absolute Gasteiger partial charge is 0.379 e. The number of rotatable bonds is 21. The Morgan fingerprint density at radius 1 is 0.789 bits per heavy atom. The number of nitrogens with one attached hydrogen (secondary N) is 3. The Hall–Kier alpha value is -3.44. The topological polar surface area (TPSA) is 168 Å². The minimum atomic E-state index is -0.278. The van der Waals surface area contributed by atoms with Gasteiger partial charge >= 0.3 is 0 Å². The highest BCUT2D eigenvalue weighted by atomic mass is 16.5. The van der Waals surface area contributed by atoms with Crippen LogP contribution in [-0.2, 0) is 33.4 Å². The van der Waals surface area contributed by atoms with Gasteiger partial charge in [-0.05, 0) is 38.0 Å². The number of nitrogens with zero attached hydrogens (tertiary/aromatic N) is 2. The summed E-state index contributed by atoms with van der Waals surface area (Å²) in [7, 11) is 0. The number of benzene rings is 1. The summed E-state index contributed by atoms with van der Waals surface area (Å²) >= 11 is 0. The van der Waals surface area contributed by atoms with Crippen LogP contribution in [0.15, 0.2) is 24.3 Å². The zero-order valence-electron chi connectivity index (χ0n) is 22.3. The Labute approximate surface area is 223 Å². The summed E-state index contributed by atoms with van der Waals surface area (Å²) in [6.07, 6.45) is 1.34. The maximum absolute atomic E-state index is 12.1. The third kappa shape index (κ3) is 17.1. The normalized spacial score (nSPS) is 10.4. The van der Waals surface area contributed by atoms with Gasteiger partial charge in [0.15, 0.2) is 0 Å². The monoisotopic (exact) mass is 533 g/mol. The molecule has 38 heavy (non-hydrogen) atoms. The van der Waals surface area contributed by atoms with Gasteiger partial charge in [-0.25, -0.2) is 0 Å². The van der Waals surface area contributed by atoms with Crippen molar-refractivity contribution in [2.45, 2.75) is 46.0 Å². The van der Waals surface area contributed by atoms with E-state index in [9.17, 15) is 19.2 Å². The summed E-state index contributed by atoms with van der Waals surface area (Å²) in [6, 6.07) is 6.92. The summed E-state index contributed by atoms with van der Waals surface area (Å²) in [5.74, 6) is -0.918. The number of ketones is 1. The first-order chi connectivity index (χ1) is 18.3. The molecule has 1 aromatic rings. The summed E-state index contributed by atoms with van der Waals surface area (Å²) in [6.45, 7) is 6.65. The van der Waals surface area contributed by atoms with Crippen LogP contribution >= 0.6 is 0 Å². The zero-order valence-corrected chi connectivity index (χ0v) is 22.3. The molecule has 1 rings (SSSR count). The molecule has 0 aliphatic rings. The van der Waals surface area contributed by atoms with Gasteiger partial charge < -0.3 is 35.7 Å². The number of amides is 3. The maximum atomic E-state index is 12.1. The predicted molar refractivity (Wildman–Crippen MR) is 141 cm³/mol. The van der Waals surface area contributed by atoms with Crippen molar-refractivity contribution in [1.82, 2.24) is 10.6 Å². The molecule has 1 aromatic carbocycles. The number of carbonyl (C=O) groups is 4. The van der Waals surface area contributed by atoms with E-state index in [0.717, 1.165) is 0 Å². The third-order valence-corrected chi connectivity index (χ3v) is 5.02. The van der Waals surface area contributed by atoms with E-state index in [1.807, 2.05) is 0 Å². The lowest BCUT2D eigenvalue weighted by molar-refractivity contribution is -0.127. The molecule has 3 N–H and O–H groups in total. The summed E-state index contributed by atoms with van der Waals surface area (Å²) in [4.78, 5) is 49.2. The van der Waals surface area contributed by atoms with Crippen molar-refractivity contribution in [3.63, 3.8) is 0 Å². The van der Waals surface area contributed by atoms with Crippen molar-refractivity contribution in [3.8, 4) is 0 Å². The highest BCUT2D eigenvalue weighted by Crippen LogP contribution is 2.11. The van der Waals surface area contributed by atoms with E-state index in [1.165, 1.54) is 6.92 Å². The van der Waals surface area contributed by atoms with E-state index in [2.05, 4.69) is 20.7 Å². The van der Waals surface area contributed by atoms with Gasteiger partial charge in [-0.1, -0.05) is 6.07 Å². The Balaban J connectivity index is 1.92. The van der Waals surface area contributed by atoms with Crippen LogP contribution in [-0.4, -0.2) is 86.7 Å². The fourth-order valence-electron chi connectivity index (χ4n) is 3.05. The van der Waals surface area contributed by atoms with E-state index in [4.69, 9.17) is 19.7 Å². The number of Topliss-reactive ketones (excluding diaryl/α,β-unsaturated/α-hetero) is 1. The van der Waals surface area contributed by atoms with Gasteiger partial charge in [0.2, 0.25) is 17.7 Å². The molecule has 0 spiro atoms. The van der Waals surface area contributed by atoms with Crippen LogP contribution in [0.25, 0.3) is 5.53 Å². The Bertz CT molecular complexity index is 948. The predicted octanol–water partition coefficient (Wildman–Crippen LogP) is 1.49. The lowest BCUT2D eigenvalue weighted by Gasteiger charge is -2.08. The maximum Gasteiger partial charge on any atom is 0.296 e. The fraction of sp³-hybridized carbons (Fsp3) is 0.577. The molecule has 0 aromatic heterocycles. The lowest BCUT2D eigenvalue weighted by atomic mass is 10.1. The van der Waals surface area contributed by atoms with Crippen LogP contribution in [0.2, 0.25) is 0 Å². The standard InChI is InChI=1S/C26H39N5O7/c1-20(32)18-26(35)29-11-5-13-37-15-17-38-16-14-36-12-4-10-28-24(33)8-9-25(34)30-23-7-3-6-22(19-23)21(2)31-27/h3,6-7,19H,4-5,8-18H2,1-2H3,(H,28,33)(H,29,35)(H,30,34). The van der Waals surface area contributed by atoms with Crippen molar-refractivity contribution >= 4 is 34.9 Å². The Morgan fingerprint density at radius 2 is 1.34 bits per heavy atom. The molecule has 0 atom stereocenters. The molecule has 0 saturated carbocycles. The van der Waals surface area contributed by atoms with Gasteiger partial charge in [0.25, 0.3) is 5.71 Å². The SMILES string of the molecule is CC(=O)CC(=O)NCCCOCCOCCOCCCNC(=O)CCC(=O)Nc1cccc(C(C)=[N+]=[N-])c1. The van der Waals surface area contributed by atoms with Gasteiger partial charge in [0, 0.05) is 51.8 Å². The van der Waals surface area contributed by atoms with Gasteiger partial charge in [-0.3, -0.25) is 19.2 Å². The van der Waals surface area contributed by atoms with E-state index < -0.39 is 0 Å². The highest BCUT2D eigenvalue weighted by Gasteiger charge is 2.09. The summed E-state index contributed by atoms with van der Waals surface area (Å²) in [5, 5.41) is 8.13. The first kappa shape index (κ1) is 32.6. The lowest BCUT2D eigenvalue weighted by Crippen LogP contribution is -2.26. The van der Waals surface area contributed by atoms with Gasteiger partial charge in [-0.15, -0.1) is 0 Å². The number of ether oxygens (including phenoxy) is 3. The minimum absolute atomic E-state index is 0.0539. The van der Waals surface area contributed by atoms with Crippen LogP contribution in [0.3, 0.4) is 0 Å². The second kappa shape index (κ2) is 20.6. The Kier molecular flexibility index (Phi) is 17.7. The molecular formula is C26H39N5O7. The molecule has 0 unspecified atom stereocenters. The first-order valence-corrected chi connectivity index (χ1v) is 12.7. The Morgan fingerprint density at radius 3 is 1.92 bits per heavy atom. The van der Waals surface area contributed by atoms with E-state index in [0.29, 0.717) is 82.5 Å². The van der Waals surface area contributed by atoms with Crippen molar-refractivity contribution in [1.29, 1.82) is 0 Å². The van der Waals surface area contributed by atoms with Crippen molar-refractivity contribution in [2.24, 2.45) is 0 Å². The van der Waals surface area contributed by atoms with Gasteiger partial charge in [-0.2, -0.15) is 4.79 Å². The molecule has 0 aliphatic carbocycles. The fourth-order valence-corrected chi connectivity index (χ4v) is 3.05. The van der Waals surface area contributed by atoms with Crippen LogP contribution in [0.4, 0.5) is 5.69 Å². The van der Waals surface area contributed by atoms with Crippen molar-refractivity contribution in [3.05, 3.63) is 35.4 Å². The minimum Gasteiger partial charge on any atom is -0.379 e. The average Bonchev–Trinajstić information content (AvgIpc) is 2.88. The quantitative estimate of drug-likeness (QED) is 0.0707. The van der Waals surface area contributed by atoms with Crippen LogP contribution in [0, 0.1) is 0 Å². The van der Waals surface area contributed by atoms with Crippen LogP contribution in [0.5, 0.6) is 0 Å². The van der Waals surface area contributed by atoms with Crippen LogP contribution in [0.1, 0.15) is 51.5 Å². The number of hydrogen-bond donors (Lipinski definition) is 3. The molecule has 12 heteroatoms. The van der Waals surface area contributed by atoms with E-state index >= 15 is 0 Å². The molecule has 12 nitrogen and oxygen atoms in total. The molecular weight excluding hydrogens is 494 g/mol. The molecule has 0 heterocycles.